The highest BCUT2D eigenvalue weighted by Gasteiger charge is 2.18. The maximum absolute atomic E-state index is 5.50. The summed E-state index contributed by atoms with van der Waals surface area (Å²) in [5.74, 6) is 3.23. The number of nitrogens with one attached hydrogen (secondary N) is 1. The molecule has 2 aromatic heterocycles. The van der Waals surface area contributed by atoms with Crippen LogP contribution in [0.2, 0.25) is 0 Å². The number of anilines is 2. The van der Waals surface area contributed by atoms with Crippen LogP contribution in [-0.4, -0.2) is 34.8 Å². The molecule has 6 nitrogen and oxygen atoms in total. The number of aromatic nitrogens is 2. The summed E-state index contributed by atoms with van der Waals surface area (Å²) in [6.07, 6.45) is 0. The molecule has 1 aromatic carbocycles. The van der Waals surface area contributed by atoms with E-state index in [-0.39, 0.29) is 6.79 Å². The van der Waals surface area contributed by atoms with Gasteiger partial charge in [-0.3, -0.25) is 4.90 Å². The normalized spacial score (nSPS) is 12.9. The van der Waals surface area contributed by atoms with Crippen molar-refractivity contribution in [2.75, 3.05) is 25.2 Å². The second-order valence-corrected chi connectivity index (χ2v) is 7.81. The smallest absolute Gasteiger partial charge is 0.231 e. The lowest BCUT2D eigenvalue weighted by Gasteiger charge is -2.17. The summed E-state index contributed by atoms with van der Waals surface area (Å²) >= 11 is 1.73. The first-order valence-corrected chi connectivity index (χ1v) is 10.1. The van der Waals surface area contributed by atoms with Crippen LogP contribution in [0.1, 0.15) is 30.1 Å². The van der Waals surface area contributed by atoms with Crippen molar-refractivity contribution in [1.82, 2.24) is 14.9 Å². The SMILES string of the molecule is CCN(CC)Cc1nc(Nc2ccc3c(c2)OCO3)c2c(C)c(C)sc2n1. The molecule has 3 heterocycles. The molecule has 0 saturated carbocycles. The van der Waals surface area contributed by atoms with Crippen LogP contribution >= 0.6 is 11.3 Å². The first kappa shape index (κ1) is 18.0. The van der Waals surface area contributed by atoms with Gasteiger partial charge in [-0.2, -0.15) is 0 Å². The van der Waals surface area contributed by atoms with Gasteiger partial charge in [-0.15, -0.1) is 11.3 Å². The zero-order valence-corrected chi connectivity index (χ0v) is 16.9. The number of fused-ring (bicyclic) bond motifs is 2. The van der Waals surface area contributed by atoms with Crippen molar-refractivity contribution in [1.29, 1.82) is 0 Å². The Morgan fingerprint density at radius 3 is 2.67 bits per heavy atom. The number of thiophene rings is 1. The molecule has 27 heavy (non-hydrogen) atoms. The number of ether oxygens (including phenoxy) is 2. The summed E-state index contributed by atoms with van der Waals surface area (Å²) in [6, 6.07) is 5.86. The van der Waals surface area contributed by atoms with Gasteiger partial charge in [0.15, 0.2) is 11.5 Å². The van der Waals surface area contributed by atoms with Gasteiger partial charge in [-0.05, 0) is 44.6 Å². The van der Waals surface area contributed by atoms with Gasteiger partial charge < -0.3 is 14.8 Å². The fourth-order valence-electron chi connectivity index (χ4n) is 3.21. The second-order valence-electron chi connectivity index (χ2n) is 6.61. The molecule has 4 rings (SSSR count). The number of nitrogens with zero attached hydrogens (tertiary/aromatic N) is 3. The number of benzene rings is 1. The Kier molecular flexibility index (Phi) is 4.88. The molecule has 0 fully saturated rings. The van der Waals surface area contributed by atoms with Crippen molar-refractivity contribution in [2.24, 2.45) is 0 Å². The minimum Gasteiger partial charge on any atom is -0.454 e. The number of rotatable bonds is 6. The molecule has 0 amide bonds. The van der Waals surface area contributed by atoms with Crippen molar-refractivity contribution in [2.45, 2.75) is 34.2 Å². The third kappa shape index (κ3) is 3.44. The zero-order valence-electron chi connectivity index (χ0n) is 16.1. The summed E-state index contributed by atoms with van der Waals surface area (Å²) in [5.41, 5.74) is 2.16. The Hall–Kier alpha value is -2.38. The Bertz CT molecular complexity index is 982. The first-order valence-electron chi connectivity index (χ1n) is 9.24. The maximum Gasteiger partial charge on any atom is 0.231 e. The molecule has 1 N–H and O–H groups in total. The summed E-state index contributed by atoms with van der Waals surface area (Å²) in [6.45, 7) is 11.6. The minimum absolute atomic E-state index is 0.271. The number of hydrogen-bond donors (Lipinski definition) is 1. The third-order valence-electron chi connectivity index (χ3n) is 4.97. The van der Waals surface area contributed by atoms with Gasteiger partial charge in [-0.25, -0.2) is 9.97 Å². The third-order valence-corrected chi connectivity index (χ3v) is 6.07. The van der Waals surface area contributed by atoms with Gasteiger partial charge in [-0.1, -0.05) is 13.8 Å². The highest BCUT2D eigenvalue weighted by molar-refractivity contribution is 7.18. The first-order chi connectivity index (χ1) is 13.1. The van der Waals surface area contributed by atoms with E-state index in [2.05, 4.69) is 37.9 Å². The number of aryl methyl sites for hydroxylation is 2. The van der Waals surface area contributed by atoms with Crippen LogP contribution in [0.3, 0.4) is 0 Å². The van der Waals surface area contributed by atoms with E-state index in [1.54, 1.807) is 11.3 Å². The monoisotopic (exact) mass is 384 g/mol. The van der Waals surface area contributed by atoms with Gasteiger partial charge in [0.1, 0.15) is 16.5 Å². The van der Waals surface area contributed by atoms with Crippen LogP contribution < -0.4 is 14.8 Å². The molecule has 0 spiro atoms. The van der Waals surface area contributed by atoms with Crippen LogP contribution in [0.5, 0.6) is 11.5 Å². The van der Waals surface area contributed by atoms with Crippen LogP contribution in [0.4, 0.5) is 11.5 Å². The molecule has 0 aliphatic carbocycles. The van der Waals surface area contributed by atoms with Gasteiger partial charge in [0.25, 0.3) is 0 Å². The van der Waals surface area contributed by atoms with Crippen molar-refractivity contribution in [3.8, 4) is 11.5 Å². The Labute approximate surface area is 163 Å². The predicted octanol–water partition coefficient (Wildman–Crippen LogP) is 4.62. The Morgan fingerprint density at radius 2 is 1.89 bits per heavy atom. The highest BCUT2D eigenvalue weighted by atomic mass is 32.1. The van der Waals surface area contributed by atoms with Gasteiger partial charge in [0, 0.05) is 16.6 Å². The van der Waals surface area contributed by atoms with Gasteiger partial charge >= 0.3 is 0 Å². The lowest BCUT2D eigenvalue weighted by molar-refractivity contribution is 0.174. The second kappa shape index (κ2) is 7.32. The average molecular weight is 385 g/mol. The Morgan fingerprint density at radius 1 is 1.11 bits per heavy atom. The van der Waals surface area contributed by atoms with Crippen molar-refractivity contribution < 1.29 is 9.47 Å². The molecule has 1 aliphatic heterocycles. The molecular weight excluding hydrogens is 360 g/mol. The van der Waals surface area contributed by atoms with E-state index in [0.29, 0.717) is 0 Å². The van der Waals surface area contributed by atoms with E-state index in [1.165, 1.54) is 10.4 Å². The molecule has 3 aromatic rings. The van der Waals surface area contributed by atoms with E-state index < -0.39 is 0 Å². The molecule has 0 unspecified atom stereocenters. The van der Waals surface area contributed by atoms with E-state index >= 15 is 0 Å². The molecule has 1 aliphatic rings. The summed E-state index contributed by atoms with van der Waals surface area (Å²) in [5, 5.41) is 4.58. The predicted molar refractivity (Wildman–Crippen MR) is 109 cm³/mol. The Balaban J connectivity index is 1.75. The fourth-order valence-corrected chi connectivity index (χ4v) is 4.26. The standard InChI is InChI=1S/C20H24N4O2S/c1-5-24(6-2)10-17-22-19(18-12(3)13(4)27-20(18)23-17)21-14-7-8-15-16(9-14)26-11-25-15/h7-9H,5-6,10-11H2,1-4H3,(H,21,22,23). The van der Waals surface area contributed by atoms with E-state index in [9.17, 15) is 0 Å². The summed E-state index contributed by atoms with van der Waals surface area (Å²) < 4.78 is 10.9. The average Bonchev–Trinajstić information content (AvgIpc) is 3.24. The van der Waals surface area contributed by atoms with Crippen molar-refractivity contribution in [3.05, 3.63) is 34.5 Å². The molecule has 7 heteroatoms. The zero-order chi connectivity index (χ0) is 19.0. The van der Waals surface area contributed by atoms with Gasteiger partial charge in [0.2, 0.25) is 6.79 Å². The number of hydrogen-bond acceptors (Lipinski definition) is 7. The molecule has 0 radical (unpaired) electrons. The largest absolute Gasteiger partial charge is 0.454 e. The van der Waals surface area contributed by atoms with E-state index in [4.69, 9.17) is 19.4 Å². The lowest BCUT2D eigenvalue weighted by Crippen LogP contribution is -2.23. The van der Waals surface area contributed by atoms with Crippen LogP contribution in [0.25, 0.3) is 10.2 Å². The molecule has 142 valence electrons. The van der Waals surface area contributed by atoms with Gasteiger partial charge in [0.05, 0.1) is 11.9 Å². The summed E-state index contributed by atoms with van der Waals surface area (Å²) in [4.78, 5) is 14.3. The van der Waals surface area contributed by atoms with Crippen LogP contribution in [0, 0.1) is 13.8 Å². The van der Waals surface area contributed by atoms with Crippen molar-refractivity contribution in [3.63, 3.8) is 0 Å². The van der Waals surface area contributed by atoms with Crippen LogP contribution in [0.15, 0.2) is 18.2 Å². The van der Waals surface area contributed by atoms with E-state index in [0.717, 1.165) is 58.7 Å². The lowest BCUT2D eigenvalue weighted by atomic mass is 10.2. The molecular formula is C20H24N4O2S. The van der Waals surface area contributed by atoms with Crippen LogP contribution in [-0.2, 0) is 6.54 Å². The molecule has 0 bridgehead atoms. The minimum atomic E-state index is 0.271. The van der Waals surface area contributed by atoms with Crippen molar-refractivity contribution >= 4 is 33.1 Å². The molecule has 0 atom stereocenters. The maximum atomic E-state index is 5.50. The topological polar surface area (TPSA) is 59.5 Å². The van der Waals surface area contributed by atoms with E-state index in [1.807, 2.05) is 18.2 Å². The summed E-state index contributed by atoms with van der Waals surface area (Å²) in [7, 11) is 0. The fraction of sp³-hybridized carbons (Fsp3) is 0.400. The highest BCUT2D eigenvalue weighted by Crippen LogP contribution is 2.38. The quantitative estimate of drug-likeness (QED) is 0.669. The molecule has 0 saturated heterocycles.